The van der Waals surface area contributed by atoms with Crippen LogP contribution < -0.4 is 11.1 Å². The van der Waals surface area contributed by atoms with E-state index in [1.165, 1.54) is 6.07 Å². The van der Waals surface area contributed by atoms with Gasteiger partial charge in [-0.1, -0.05) is 18.2 Å². The van der Waals surface area contributed by atoms with Gasteiger partial charge in [-0.3, -0.25) is 4.99 Å². The second kappa shape index (κ2) is 7.24. The van der Waals surface area contributed by atoms with Crippen LogP contribution in [0.2, 0.25) is 0 Å². The number of halogens is 1. The van der Waals surface area contributed by atoms with Gasteiger partial charge < -0.3 is 15.8 Å². The highest BCUT2D eigenvalue weighted by molar-refractivity contribution is 5.78. The molecule has 1 aromatic rings. The molecule has 0 bridgehead atoms. The predicted molar refractivity (Wildman–Crippen MR) is 78.3 cm³/mol. The Kier molecular flexibility index (Phi) is 5.35. The molecule has 110 valence electrons. The maximum Gasteiger partial charge on any atom is 0.188 e. The molecule has 1 aliphatic rings. The van der Waals surface area contributed by atoms with E-state index in [2.05, 4.69) is 10.3 Å². The van der Waals surface area contributed by atoms with Gasteiger partial charge in [0.25, 0.3) is 0 Å². The first kappa shape index (κ1) is 14.8. The molecule has 20 heavy (non-hydrogen) atoms. The zero-order valence-corrected chi connectivity index (χ0v) is 11.8. The molecule has 1 fully saturated rings. The van der Waals surface area contributed by atoms with Gasteiger partial charge in [0, 0.05) is 31.7 Å². The zero-order valence-electron chi connectivity index (χ0n) is 11.8. The van der Waals surface area contributed by atoms with Crippen molar-refractivity contribution in [3.05, 3.63) is 35.6 Å². The summed E-state index contributed by atoms with van der Waals surface area (Å²) < 4.78 is 18.8. The fraction of sp³-hybridized carbons (Fsp3) is 0.533. The summed E-state index contributed by atoms with van der Waals surface area (Å²) in [4.78, 5) is 4.24. The molecular formula is C15H22FN3O. The predicted octanol–water partition coefficient (Wildman–Crippen LogP) is 2.01. The summed E-state index contributed by atoms with van der Waals surface area (Å²) in [6, 6.07) is 7.09. The molecule has 4 nitrogen and oxygen atoms in total. The van der Waals surface area contributed by atoms with Gasteiger partial charge in [0.2, 0.25) is 0 Å². The summed E-state index contributed by atoms with van der Waals surface area (Å²) in [5.41, 5.74) is 6.57. The lowest BCUT2D eigenvalue weighted by Crippen LogP contribution is -2.34. The highest BCUT2D eigenvalue weighted by Crippen LogP contribution is 2.41. The SMILES string of the molecule is CCOCCCN=C(N)NC1CC1c1ccccc1F. The molecule has 2 unspecified atom stereocenters. The summed E-state index contributed by atoms with van der Waals surface area (Å²) in [6.45, 7) is 4.05. The maximum absolute atomic E-state index is 13.6. The molecule has 0 spiro atoms. The molecule has 0 saturated heterocycles. The monoisotopic (exact) mass is 279 g/mol. The normalized spacial score (nSPS) is 21.8. The summed E-state index contributed by atoms with van der Waals surface area (Å²) in [5.74, 6) is 0.493. The second-order valence-electron chi connectivity index (χ2n) is 4.93. The largest absolute Gasteiger partial charge is 0.382 e. The summed E-state index contributed by atoms with van der Waals surface area (Å²) in [5, 5.41) is 3.14. The third-order valence-electron chi connectivity index (χ3n) is 3.36. The molecule has 0 radical (unpaired) electrons. The Morgan fingerprint density at radius 2 is 2.30 bits per heavy atom. The number of hydrogen-bond donors (Lipinski definition) is 2. The first-order chi connectivity index (χ1) is 9.72. The third kappa shape index (κ3) is 4.20. The topological polar surface area (TPSA) is 59.6 Å². The van der Waals surface area contributed by atoms with Gasteiger partial charge in [0.15, 0.2) is 5.96 Å². The van der Waals surface area contributed by atoms with Gasteiger partial charge >= 0.3 is 0 Å². The van der Waals surface area contributed by atoms with Crippen LogP contribution in [0.1, 0.15) is 31.2 Å². The Bertz CT molecular complexity index is 464. The Hall–Kier alpha value is -1.62. The van der Waals surface area contributed by atoms with Crippen LogP contribution in [0.25, 0.3) is 0 Å². The van der Waals surface area contributed by atoms with Crippen molar-refractivity contribution in [2.24, 2.45) is 10.7 Å². The first-order valence-corrected chi connectivity index (χ1v) is 7.11. The number of nitrogens with one attached hydrogen (secondary N) is 1. The molecule has 0 aliphatic heterocycles. The molecular weight excluding hydrogens is 257 g/mol. The highest BCUT2D eigenvalue weighted by atomic mass is 19.1. The summed E-state index contributed by atoms with van der Waals surface area (Å²) >= 11 is 0. The minimum Gasteiger partial charge on any atom is -0.382 e. The third-order valence-corrected chi connectivity index (χ3v) is 3.36. The number of aliphatic imine (C=N–C) groups is 1. The van der Waals surface area contributed by atoms with E-state index in [1.54, 1.807) is 6.07 Å². The number of nitrogens with two attached hydrogens (primary N) is 1. The molecule has 1 aromatic carbocycles. The minimum absolute atomic E-state index is 0.144. The molecule has 0 heterocycles. The van der Waals surface area contributed by atoms with Crippen molar-refractivity contribution in [3.63, 3.8) is 0 Å². The number of rotatable bonds is 7. The van der Waals surface area contributed by atoms with Crippen molar-refractivity contribution in [1.82, 2.24) is 5.32 Å². The quantitative estimate of drug-likeness (QED) is 0.456. The van der Waals surface area contributed by atoms with Crippen LogP contribution in [-0.2, 0) is 4.74 Å². The average molecular weight is 279 g/mol. The molecule has 1 aliphatic carbocycles. The maximum atomic E-state index is 13.6. The fourth-order valence-corrected chi connectivity index (χ4v) is 2.22. The molecule has 3 N–H and O–H groups in total. The summed E-state index contributed by atoms with van der Waals surface area (Å²) in [6.07, 6.45) is 1.76. The second-order valence-corrected chi connectivity index (χ2v) is 4.93. The van der Waals surface area contributed by atoms with Gasteiger partial charge in [-0.2, -0.15) is 0 Å². The number of ether oxygens (including phenoxy) is 1. The fourth-order valence-electron chi connectivity index (χ4n) is 2.22. The molecule has 5 heteroatoms. The van der Waals surface area contributed by atoms with Crippen LogP contribution in [0.4, 0.5) is 4.39 Å². The molecule has 0 amide bonds. The van der Waals surface area contributed by atoms with E-state index in [9.17, 15) is 4.39 Å². The Morgan fingerprint density at radius 3 is 3.05 bits per heavy atom. The van der Waals surface area contributed by atoms with Crippen LogP contribution >= 0.6 is 0 Å². The van der Waals surface area contributed by atoms with Crippen molar-refractivity contribution in [2.45, 2.75) is 31.7 Å². The lowest BCUT2D eigenvalue weighted by atomic mass is 10.1. The first-order valence-electron chi connectivity index (χ1n) is 7.11. The molecule has 1 saturated carbocycles. The van der Waals surface area contributed by atoms with Crippen molar-refractivity contribution in [2.75, 3.05) is 19.8 Å². The van der Waals surface area contributed by atoms with Gasteiger partial charge in [0.05, 0.1) is 0 Å². The van der Waals surface area contributed by atoms with E-state index >= 15 is 0 Å². The van der Waals surface area contributed by atoms with E-state index in [-0.39, 0.29) is 17.8 Å². The zero-order chi connectivity index (χ0) is 14.4. The Morgan fingerprint density at radius 1 is 1.50 bits per heavy atom. The number of benzene rings is 1. The lowest BCUT2D eigenvalue weighted by Gasteiger charge is -2.06. The van der Waals surface area contributed by atoms with Crippen LogP contribution in [0.5, 0.6) is 0 Å². The van der Waals surface area contributed by atoms with Crippen molar-refractivity contribution in [1.29, 1.82) is 0 Å². The number of guanidine groups is 1. The van der Waals surface area contributed by atoms with Crippen LogP contribution in [0.3, 0.4) is 0 Å². The van der Waals surface area contributed by atoms with E-state index < -0.39 is 0 Å². The number of nitrogens with zero attached hydrogens (tertiary/aromatic N) is 1. The van der Waals surface area contributed by atoms with Crippen molar-refractivity contribution in [3.8, 4) is 0 Å². The molecule has 2 rings (SSSR count). The van der Waals surface area contributed by atoms with Gasteiger partial charge in [0.1, 0.15) is 5.82 Å². The minimum atomic E-state index is -0.144. The number of hydrogen-bond acceptors (Lipinski definition) is 2. The molecule has 0 aromatic heterocycles. The highest BCUT2D eigenvalue weighted by Gasteiger charge is 2.40. The van der Waals surface area contributed by atoms with E-state index in [0.29, 0.717) is 19.1 Å². The summed E-state index contributed by atoms with van der Waals surface area (Å²) in [7, 11) is 0. The van der Waals surface area contributed by atoms with Crippen molar-refractivity contribution >= 4 is 5.96 Å². The van der Waals surface area contributed by atoms with Crippen LogP contribution in [0, 0.1) is 5.82 Å². The van der Waals surface area contributed by atoms with E-state index in [4.69, 9.17) is 10.5 Å². The standard InChI is InChI=1S/C15H22FN3O/c1-2-20-9-5-8-18-15(17)19-14-10-12(14)11-6-3-4-7-13(11)16/h3-4,6-7,12,14H,2,5,8-10H2,1H3,(H3,17,18,19). The molecule has 2 atom stereocenters. The van der Waals surface area contributed by atoms with Crippen LogP contribution in [-0.4, -0.2) is 31.8 Å². The Balaban J connectivity index is 1.73. The van der Waals surface area contributed by atoms with E-state index in [0.717, 1.165) is 25.0 Å². The average Bonchev–Trinajstić information content (AvgIpc) is 3.18. The van der Waals surface area contributed by atoms with Crippen LogP contribution in [0.15, 0.2) is 29.3 Å². The smallest absolute Gasteiger partial charge is 0.188 e. The van der Waals surface area contributed by atoms with Gasteiger partial charge in [-0.15, -0.1) is 0 Å². The van der Waals surface area contributed by atoms with E-state index in [1.807, 2.05) is 19.1 Å². The Labute approximate surface area is 119 Å². The van der Waals surface area contributed by atoms with Crippen molar-refractivity contribution < 1.29 is 9.13 Å². The lowest BCUT2D eigenvalue weighted by molar-refractivity contribution is 0.146. The van der Waals surface area contributed by atoms with Gasteiger partial charge in [-0.25, -0.2) is 4.39 Å². The van der Waals surface area contributed by atoms with Gasteiger partial charge in [-0.05, 0) is 31.4 Å².